The van der Waals surface area contributed by atoms with Gasteiger partial charge in [-0.15, -0.1) is 0 Å². The molecule has 102 valence electrons. The number of nitrogens with zero attached hydrogens (tertiary/aromatic N) is 2. The summed E-state index contributed by atoms with van der Waals surface area (Å²) in [7, 11) is 0. The summed E-state index contributed by atoms with van der Waals surface area (Å²) in [4.78, 5) is 18.7. The van der Waals surface area contributed by atoms with E-state index in [1.54, 1.807) is 24.3 Å². The van der Waals surface area contributed by atoms with Crippen LogP contribution in [0, 0.1) is 0 Å². The predicted octanol–water partition coefficient (Wildman–Crippen LogP) is 2.62. The van der Waals surface area contributed by atoms with Crippen LogP contribution in [0.1, 0.15) is 12.0 Å². The number of rotatable bonds is 1. The number of aliphatic imine (C=N–C) groups is 1. The molecule has 1 N–H and O–H groups in total. The fourth-order valence-electron chi connectivity index (χ4n) is 2.10. The smallest absolute Gasteiger partial charge is 0.286 e. The molecular weight excluding hydrogens is 272 g/mol. The SMILES string of the molecule is O=C1N=C(N2CC=CCC2)S/C1=C\c1ccccc1O. The van der Waals surface area contributed by atoms with Crippen molar-refractivity contribution in [3.63, 3.8) is 0 Å². The summed E-state index contributed by atoms with van der Waals surface area (Å²) in [6.07, 6.45) is 6.89. The third-order valence-corrected chi connectivity index (χ3v) is 4.21. The van der Waals surface area contributed by atoms with Crippen molar-refractivity contribution in [3.05, 3.63) is 46.9 Å². The van der Waals surface area contributed by atoms with E-state index in [1.165, 1.54) is 11.8 Å². The molecule has 0 aromatic heterocycles. The topological polar surface area (TPSA) is 52.9 Å². The van der Waals surface area contributed by atoms with Crippen molar-refractivity contribution in [3.8, 4) is 5.75 Å². The lowest BCUT2D eigenvalue weighted by Gasteiger charge is -2.23. The summed E-state index contributed by atoms with van der Waals surface area (Å²) >= 11 is 1.37. The molecule has 2 aliphatic heterocycles. The molecule has 0 saturated heterocycles. The van der Waals surface area contributed by atoms with Crippen molar-refractivity contribution in [2.24, 2.45) is 4.99 Å². The van der Waals surface area contributed by atoms with Gasteiger partial charge < -0.3 is 10.0 Å². The maximum absolute atomic E-state index is 11.9. The molecule has 0 saturated carbocycles. The molecule has 1 amide bonds. The van der Waals surface area contributed by atoms with Crippen molar-refractivity contribution < 1.29 is 9.90 Å². The molecule has 2 aliphatic rings. The predicted molar refractivity (Wildman–Crippen MR) is 81.4 cm³/mol. The van der Waals surface area contributed by atoms with Gasteiger partial charge in [0.05, 0.1) is 4.91 Å². The number of carbonyl (C=O) groups is 1. The fraction of sp³-hybridized carbons (Fsp3) is 0.200. The van der Waals surface area contributed by atoms with Crippen LogP contribution in [0.25, 0.3) is 6.08 Å². The standard InChI is InChI=1S/C15H14N2O2S/c18-12-7-3-2-6-11(12)10-13-14(19)16-15(20-13)17-8-4-1-5-9-17/h1-4,6-7,10,18H,5,8-9H2/b13-10-. The number of phenols is 1. The molecule has 3 rings (SSSR count). The van der Waals surface area contributed by atoms with Gasteiger partial charge in [-0.25, -0.2) is 0 Å². The number of carbonyl (C=O) groups excluding carboxylic acids is 1. The lowest BCUT2D eigenvalue weighted by Crippen LogP contribution is -2.30. The molecule has 4 nitrogen and oxygen atoms in total. The molecule has 0 spiro atoms. The molecule has 2 heterocycles. The average Bonchev–Trinajstić information content (AvgIpc) is 2.84. The minimum absolute atomic E-state index is 0.169. The van der Waals surface area contributed by atoms with E-state index in [-0.39, 0.29) is 11.7 Å². The third kappa shape index (κ3) is 2.63. The molecule has 20 heavy (non-hydrogen) atoms. The lowest BCUT2D eigenvalue weighted by atomic mass is 10.2. The van der Waals surface area contributed by atoms with E-state index < -0.39 is 0 Å². The number of hydrogen-bond donors (Lipinski definition) is 1. The van der Waals surface area contributed by atoms with Crippen molar-refractivity contribution in [2.45, 2.75) is 6.42 Å². The Hall–Kier alpha value is -2.01. The van der Waals surface area contributed by atoms with Gasteiger partial charge in [-0.1, -0.05) is 30.4 Å². The van der Waals surface area contributed by atoms with Crippen LogP contribution in [0.4, 0.5) is 0 Å². The number of para-hydroxylation sites is 1. The first-order valence-electron chi connectivity index (χ1n) is 6.44. The summed E-state index contributed by atoms with van der Waals surface area (Å²) in [5.74, 6) is -0.0643. The van der Waals surface area contributed by atoms with Gasteiger partial charge in [0.15, 0.2) is 5.17 Å². The van der Waals surface area contributed by atoms with Gasteiger partial charge in [0.2, 0.25) is 0 Å². The Labute approximate surface area is 121 Å². The monoisotopic (exact) mass is 286 g/mol. The first-order chi connectivity index (χ1) is 9.74. The van der Waals surface area contributed by atoms with Crippen LogP contribution in [0.3, 0.4) is 0 Å². The summed E-state index contributed by atoms with van der Waals surface area (Å²) in [6, 6.07) is 6.96. The summed E-state index contributed by atoms with van der Waals surface area (Å²) < 4.78 is 0. The minimum Gasteiger partial charge on any atom is -0.507 e. The highest BCUT2D eigenvalue weighted by Crippen LogP contribution is 2.32. The van der Waals surface area contributed by atoms with Gasteiger partial charge in [-0.2, -0.15) is 4.99 Å². The van der Waals surface area contributed by atoms with E-state index >= 15 is 0 Å². The highest BCUT2D eigenvalue weighted by atomic mass is 32.2. The fourth-order valence-corrected chi connectivity index (χ4v) is 3.04. The van der Waals surface area contributed by atoms with E-state index in [1.807, 2.05) is 6.07 Å². The Morgan fingerprint density at radius 2 is 2.15 bits per heavy atom. The van der Waals surface area contributed by atoms with Crippen molar-refractivity contribution in [1.29, 1.82) is 0 Å². The Balaban J connectivity index is 1.80. The summed E-state index contributed by atoms with van der Waals surface area (Å²) in [6.45, 7) is 1.68. The second-order valence-electron chi connectivity index (χ2n) is 4.58. The molecule has 0 unspecified atom stereocenters. The highest BCUT2D eigenvalue weighted by Gasteiger charge is 2.26. The molecule has 0 atom stereocenters. The van der Waals surface area contributed by atoms with E-state index in [0.29, 0.717) is 10.5 Å². The van der Waals surface area contributed by atoms with Crippen LogP contribution in [0.15, 0.2) is 46.3 Å². The number of aromatic hydroxyl groups is 1. The molecule has 0 bridgehead atoms. The second kappa shape index (κ2) is 5.54. The van der Waals surface area contributed by atoms with Gasteiger partial charge >= 0.3 is 0 Å². The van der Waals surface area contributed by atoms with E-state index in [4.69, 9.17) is 0 Å². The molecule has 1 aromatic rings. The number of benzene rings is 1. The maximum atomic E-state index is 11.9. The lowest BCUT2D eigenvalue weighted by molar-refractivity contribution is -0.113. The second-order valence-corrected chi connectivity index (χ2v) is 5.58. The number of amidine groups is 1. The number of amides is 1. The largest absolute Gasteiger partial charge is 0.507 e. The molecular formula is C15H14N2O2S. The number of phenolic OH excluding ortho intramolecular Hbond substituents is 1. The van der Waals surface area contributed by atoms with Crippen molar-refractivity contribution >= 4 is 28.9 Å². The van der Waals surface area contributed by atoms with Gasteiger partial charge in [-0.05, 0) is 30.3 Å². The molecule has 5 heteroatoms. The van der Waals surface area contributed by atoms with Crippen molar-refractivity contribution in [1.82, 2.24) is 4.90 Å². The van der Waals surface area contributed by atoms with Crippen LogP contribution in [0.5, 0.6) is 5.75 Å². The Bertz CT molecular complexity index is 635. The first-order valence-corrected chi connectivity index (χ1v) is 7.26. The minimum atomic E-state index is -0.234. The van der Waals surface area contributed by atoms with Crippen LogP contribution in [-0.4, -0.2) is 34.2 Å². The first kappa shape index (κ1) is 13.0. The third-order valence-electron chi connectivity index (χ3n) is 3.16. The van der Waals surface area contributed by atoms with Crippen LogP contribution in [0.2, 0.25) is 0 Å². The zero-order valence-electron chi connectivity index (χ0n) is 10.8. The Morgan fingerprint density at radius 1 is 1.30 bits per heavy atom. The quantitative estimate of drug-likeness (QED) is 0.637. The average molecular weight is 286 g/mol. The van der Waals surface area contributed by atoms with E-state index in [2.05, 4.69) is 22.0 Å². The summed E-state index contributed by atoms with van der Waals surface area (Å²) in [5, 5.41) is 10.5. The molecule has 0 aliphatic carbocycles. The molecule has 0 radical (unpaired) electrons. The highest BCUT2D eigenvalue weighted by molar-refractivity contribution is 8.18. The zero-order chi connectivity index (χ0) is 13.9. The maximum Gasteiger partial charge on any atom is 0.286 e. The number of hydrogen-bond acceptors (Lipinski definition) is 4. The van der Waals surface area contributed by atoms with Gasteiger partial charge in [-0.3, -0.25) is 4.79 Å². The van der Waals surface area contributed by atoms with Crippen LogP contribution in [-0.2, 0) is 4.79 Å². The van der Waals surface area contributed by atoms with Crippen LogP contribution >= 0.6 is 11.8 Å². The number of thioether (sulfide) groups is 1. The van der Waals surface area contributed by atoms with E-state index in [0.717, 1.165) is 24.7 Å². The van der Waals surface area contributed by atoms with Crippen LogP contribution < -0.4 is 0 Å². The zero-order valence-corrected chi connectivity index (χ0v) is 11.6. The summed E-state index contributed by atoms with van der Waals surface area (Å²) in [5.41, 5.74) is 0.637. The molecule has 0 fully saturated rings. The van der Waals surface area contributed by atoms with Crippen molar-refractivity contribution in [2.75, 3.05) is 13.1 Å². The Morgan fingerprint density at radius 3 is 2.90 bits per heavy atom. The van der Waals surface area contributed by atoms with Gasteiger partial charge in [0.1, 0.15) is 5.75 Å². The normalized spacial score (nSPS) is 20.6. The van der Waals surface area contributed by atoms with E-state index in [9.17, 15) is 9.90 Å². The van der Waals surface area contributed by atoms with Gasteiger partial charge in [0.25, 0.3) is 5.91 Å². The van der Waals surface area contributed by atoms with Gasteiger partial charge in [0, 0.05) is 18.7 Å². The molecule has 1 aromatic carbocycles. The Kier molecular flexibility index (Phi) is 3.60.